The van der Waals surface area contributed by atoms with Crippen LogP contribution in [0.15, 0.2) is 42.5 Å². The molecule has 0 aromatic heterocycles. The first-order valence-electron chi connectivity index (χ1n) is 7.04. The summed E-state index contributed by atoms with van der Waals surface area (Å²) in [5.41, 5.74) is 0.309. The second kappa shape index (κ2) is 8.03. The number of methoxy groups -OCH3 is 2. The van der Waals surface area contributed by atoms with E-state index in [1.54, 1.807) is 30.3 Å². The highest BCUT2D eigenvalue weighted by molar-refractivity contribution is 5.99. The molecule has 0 atom stereocenters. The van der Waals surface area contributed by atoms with E-state index in [4.69, 9.17) is 14.2 Å². The standard InChI is InChI=1S/C17H18FNO4/c1-21-14-8-5-9-15(22-2)16(14)17(20)19-10-11-23-13-7-4-3-6-12(13)18/h3-9H,10-11H2,1-2H3,(H,19,20). The molecule has 0 unspecified atom stereocenters. The van der Waals surface area contributed by atoms with Gasteiger partial charge in [0.15, 0.2) is 11.6 Å². The maximum absolute atomic E-state index is 13.4. The van der Waals surface area contributed by atoms with Crippen molar-refractivity contribution in [1.29, 1.82) is 0 Å². The van der Waals surface area contributed by atoms with Gasteiger partial charge >= 0.3 is 0 Å². The van der Waals surface area contributed by atoms with E-state index in [1.807, 2.05) is 0 Å². The van der Waals surface area contributed by atoms with Crippen molar-refractivity contribution in [2.45, 2.75) is 0 Å². The molecule has 0 aliphatic carbocycles. The first-order valence-corrected chi connectivity index (χ1v) is 7.04. The fourth-order valence-corrected chi connectivity index (χ4v) is 2.05. The number of nitrogens with one attached hydrogen (secondary N) is 1. The van der Waals surface area contributed by atoms with Gasteiger partial charge in [0.2, 0.25) is 0 Å². The molecule has 0 aliphatic heterocycles. The van der Waals surface area contributed by atoms with Crippen molar-refractivity contribution >= 4 is 5.91 Å². The van der Waals surface area contributed by atoms with Gasteiger partial charge in [-0.3, -0.25) is 4.79 Å². The average Bonchev–Trinajstić information content (AvgIpc) is 2.59. The molecule has 0 aliphatic rings. The number of amides is 1. The normalized spacial score (nSPS) is 10.0. The first-order chi connectivity index (χ1) is 11.2. The molecule has 0 bridgehead atoms. The van der Waals surface area contributed by atoms with Crippen LogP contribution < -0.4 is 19.5 Å². The fourth-order valence-electron chi connectivity index (χ4n) is 2.05. The Hall–Kier alpha value is -2.76. The number of hydrogen-bond acceptors (Lipinski definition) is 4. The number of carbonyl (C=O) groups is 1. The van der Waals surface area contributed by atoms with Crippen LogP contribution in [0, 0.1) is 5.82 Å². The maximum atomic E-state index is 13.4. The Morgan fingerprint density at radius 2 is 1.61 bits per heavy atom. The lowest BCUT2D eigenvalue weighted by Gasteiger charge is -2.13. The molecule has 0 fully saturated rings. The van der Waals surface area contributed by atoms with Crippen LogP contribution in [0.1, 0.15) is 10.4 Å². The van der Waals surface area contributed by atoms with E-state index < -0.39 is 5.82 Å². The number of halogens is 1. The number of hydrogen-bond donors (Lipinski definition) is 1. The Morgan fingerprint density at radius 3 is 2.22 bits per heavy atom. The van der Waals surface area contributed by atoms with Crippen LogP contribution in [-0.4, -0.2) is 33.3 Å². The van der Waals surface area contributed by atoms with Gasteiger partial charge in [0.1, 0.15) is 23.7 Å². The van der Waals surface area contributed by atoms with Crippen LogP contribution in [0.4, 0.5) is 4.39 Å². The molecule has 0 saturated heterocycles. The molecule has 1 amide bonds. The van der Waals surface area contributed by atoms with Crippen LogP contribution in [0.2, 0.25) is 0 Å². The molecule has 0 spiro atoms. The zero-order valence-electron chi connectivity index (χ0n) is 13.0. The molecule has 0 saturated carbocycles. The minimum atomic E-state index is -0.440. The Bertz CT molecular complexity index is 653. The van der Waals surface area contributed by atoms with Crippen molar-refractivity contribution in [2.75, 3.05) is 27.4 Å². The van der Waals surface area contributed by atoms with Crippen molar-refractivity contribution in [3.05, 3.63) is 53.8 Å². The molecule has 5 nitrogen and oxygen atoms in total. The lowest BCUT2D eigenvalue weighted by atomic mass is 10.1. The number of benzene rings is 2. The van der Waals surface area contributed by atoms with E-state index >= 15 is 0 Å². The van der Waals surface area contributed by atoms with Crippen LogP contribution in [0.3, 0.4) is 0 Å². The van der Waals surface area contributed by atoms with Gasteiger partial charge in [-0.25, -0.2) is 4.39 Å². The monoisotopic (exact) mass is 319 g/mol. The van der Waals surface area contributed by atoms with Gasteiger partial charge in [-0.2, -0.15) is 0 Å². The summed E-state index contributed by atoms with van der Waals surface area (Å²) in [4.78, 5) is 12.3. The lowest BCUT2D eigenvalue weighted by molar-refractivity contribution is 0.0940. The lowest BCUT2D eigenvalue weighted by Crippen LogP contribution is -2.28. The van der Waals surface area contributed by atoms with E-state index in [9.17, 15) is 9.18 Å². The van der Waals surface area contributed by atoms with Gasteiger partial charge in [-0.15, -0.1) is 0 Å². The third kappa shape index (κ3) is 4.12. The summed E-state index contributed by atoms with van der Waals surface area (Å²) in [5.74, 6) is 0.187. The summed E-state index contributed by atoms with van der Waals surface area (Å²) in [6.45, 7) is 0.360. The van der Waals surface area contributed by atoms with Crippen LogP contribution in [0.25, 0.3) is 0 Å². The Balaban J connectivity index is 1.94. The Morgan fingerprint density at radius 1 is 1.00 bits per heavy atom. The van der Waals surface area contributed by atoms with Crippen molar-refractivity contribution in [2.24, 2.45) is 0 Å². The SMILES string of the molecule is COc1cccc(OC)c1C(=O)NCCOc1ccccc1F. The fraction of sp³-hybridized carbons (Fsp3) is 0.235. The summed E-state index contributed by atoms with van der Waals surface area (Å²) >= 11 is 0. The summed E-state index contributed by atoms with van der Waals surface area (Å²) < 4.78 is 29.0. The van der Waals surface area contributed by atoms with E-state index in [0.717, 1.165) is 0 Å². The van der Waals surface area contributed by atoms with Crippen molar-refractivity contribution < 1.29 is 23.4 Å². The summed E-state index contributed by atoms with van der Waals surface area (Å²) in [5, 5.41) is 2.69. The highest BCUT2D eigenvalue weighted by Gasteiger charge is 2.17. The van der Waals surface area contributed by atoms with Crippen LogP contribution in [0.5, 0.6) is 17.2 Å². The van der Waals surface area contributed by atoms with E-state index in [-0.39, 0.29) is 24.8 Å². The molecule has 2 aromatic carbocycles. The number of carbonyl (C=O) groups excluding carboxylic acids is 1. The van der Waals surface area contributed by atoms with Crippen molar-refractivity contribution in [3.63, 3.8) is 0 Å². The molecule has 23 heavy (non-hydrogen) atoms. The zero-order chi connectivity index (χ0) is 16.7. The van der Waals surface area contributed by atoms with Crippen molar-refractivity contribution in [1.82, 2.24) is 5.32 Å². The third-order valence-corrected chi connectivity index (χ3v) is 3.14. The molecule has 2 aromatic rings. The highest BCUT2D eigenvalue weighted by atomic mass is 19.1. The second-order valence-electron chi connectivity index (χ2n) is 4.57. The minimum Gasteiger partial charge on any atom is -0.496 e. The maximum Gasteiger partial charge on any atom is 0.258 e. The third-order valence-electron chi connectivity index (χ3n) is 3.14. The number of rotatable bonds is 7. The Kier molecular flexibility index (Phi) is 5.80. The second-order valence-corrected chi connectivity index (χ2v) is 4.57. The minimum absolute atomic E-state index is 0.143. The van der Waals surface area contributed by atoms with E-state index in [0.29, 0.717) is 17.1 Å². The summed E-state index contributed by atoms with van der Waals surface area (Å²) in [6, 6.07) is 11.2. The highest BCUT2D eigenvalue weighted by Crippen LogP contribution is 2.27. The van der Waals surface area contributed by atoms with Gasteiger partial charge in [-0.05, 0) is 24.3 Å². The zero-order valence-corrected chi connectivity index (χ0v) is 13.0. The van der Waals surface area contributed by atoms with Crippen LogP contribution >= 0.6 is 0 Å². The molecule has 0 radical (unpaired) electrons. The van der Waals surface area contributed by atoms with Gasteiger partial charge in [0.05, 0.1) is 20.8 Å². The predicted octanol–water partition coefficient (Wildman–Crippen LogP) is 2.65. The van der Waals surface area contributed by atoms with Gasteiger partial charge < -0.3 is 19.5 Å². The smallest absolute Gasteiger partial charge is 0.258 e. The molecule has 2 rings (SSSR count). The number of para-hydroxylation sites is 1. The topological polar surface area (TPSA) is 56.8 Å². The molecular formula is C17H18FNO4. The average molecular weight is 319 g/mol. The van der Waals surface area contributed by atoms with E-state index in [2.05, 4.69) is 5.32 Å². The molecule has 6 heteroatoms. The molecule has 122 valence electrons. The van der Waals surface area contributed by atoms with Gasteiger partial charge in [0.25, 0.3) is 5.91 Å². The number of ether oxygens (including phenoxy) is 3. The summed E-state index contributed by atoms with van der Waals surface area (Å²) in [7, 11) is 2.96. The van der Waals surface area contributed by atoms with Crippen LogP contribution in [-0.2, 0) is 0 Å². The summed E-state index contributed by atoms with van der Waals surface area (Å²) in [6.07, 6.45) is 0. The quantitative estimate of drug-likeness (QED) is 0.797. The van der Waals surface area contributed by atoms with Gasteiger partial charge in [-0.1, -0.05) is 18.2 Å². The van der Waals surface area contributed by atoms with Crippen molar-refractivity contribution in [3.8, 4) is 17.2 Å². The largest absolute Gasteiger partial charge is 0.496 e. The molecule has 1 N–H and O–H groups in total. The molecular weight excluding hydrogens is 301 g/mol. The van der Waals surface area contributed by atoms with Gasteiger partial charge in [0, 0.05) is 0 Å². The predicted molar refractivity (Wildman–Crippen MR) is 83.8 cm³/mol. The molecule has 0 heterocycles. The first kappa shape index (κ1) is 16.6. The van der Waals surface area contributed by atoms with E-state index in [1.165, 1.54) is 26.4 Å². The Labute approximate surface area is 134 Å².